The first-order valence-corrected chi connectivity index (χ1v) is 6.96. The Morgan fingerprint density at radius 3 is 2.64 bits per heavy atom. The molecule has 1 aliphatic heterocycles. The molecule has 2 aromatic rings. The monoisotopic (exact) mass is 318 g/mol. The Morgan fingerprint density at radius 2 is 1.86 bits per heavy atom. The van der Waals surface area contributed by atoms with Crippen LogP contribution in [0.25, 0.3) is 0 Å². The summed E-state index contributed by atoms with van der Waals surface area (Å²) in [5.74, 6) is 1.36. The predicted molar refractivity (Wildman–Crippen MR) is 81.4 cm³/mol. The van der Waals surface area contributed by atoms with E-state index in [-0.39, 0.29) is 24.7 Å². The molecule has 0 atom stereocenters. The second-order valence-electron chi connectivity index (χ2n) is 5.00. The number of ether oxygens (including phenoxy) is 2. The number of benzene rings is 2. The summed E-state index contributed by atoms with van der Waals surface area (Å²) in [7, 11) is 0. The van der Waals surface area contributed by atoms with Crippen molar-refractivity contribution in [3.63, 3.8) is 0 Å². The van der Waals surface area contributed by atoms with Gasteiger partial charge in [-0.15, -0.1) is 0 Å². The zero-order valence-corrected chi connectivity index (χ0v) is 13.0. The summed E-state index contributed by atoms with van der Waals surface area (Å²) in [5.41, 5.74) is 2.73. The molecule has 1 aliphatic rings. The second-order valence-corrected chi connectivity index (χ2v) is 5.00. The van der Waals surface area contributed by atoms with E-state index in [1.807, 2.05) is 31.2 Å². The second kappa shape index (κ2) is 7.18. The van der Waals surface area contributed by atoms with Crippen LogP contribution in [-0.2, 0) is 0 Å². The van der Waals surface area contributed by atoms with Crippen LogP contribution in [0.15, 0.2) is 42.5 Å². The van der Waals surface area contributed by atoms with E-state index in [9.17, 15) is 4.79 Å². The van der Waals surface area contributed by atoms with E-state index in [1.54, 1.807) is 18.2 Å². The first-order valence-electron chi connectivity index (χ1n) is 6.96. The molecule has 0 aromatic heterocycles. The van der Waals surface area contributed by atoms with Gasteiger partial charge in [0.1, 0.15) is 13.2 Å². The molecule has 116 valence electrons. The van der Waals surface area contributed by atoms with Gasteiger partial charge >= 0.3 is 0 Å². The molecule has 0 fully saturated rings. The number of hydrogen-bond acceptors (Lipinski definition) is 4. The molecule has 1 N–H and O–H groups in total. The van der Waals surface area contributed by atoms with Crippen molar-refractivity contribution in [2.45, 2.75) is 6.92 Å². The van der Waals surface area contributed by atoms with E-state index < -0.39 is 0 Å². The fourth-order valence-corrected chi connectivity index (χ4v) is 2.26. The predicted octanol–water partition coefficient (Wildman–Crippen LogP) is 0.0650. The highest BCUT2D eigenvalue weighted by Gasteiger charge is 2.14. The van der Waals surface area contributed by atoms with Crippen LogP contribution in [0.5, 0.6) is 11.5 Å². The van der Waals surface area contributed by atoms with E-state index in [0.717, 1.165) is 11.3 Å². The Balaban J connectivity index is 0.00000176. The summed E-state index contributed by atoms with van der Waals surface area (Å²) in [4.78, 5) is 12.2. The lowest BCUT2D eigenvalue weighted by atomic mass is 10.1. The van der Waals surface area contributed by atoms with E-state index >= 15 is 0 Å². The number of fused-ring (bicyclic) bond motifs is 1. The molecule has 5 heteroatoms. The molecule has 0 unspecified atom stereocenters. The van der Waals surface area contributed by atoms with Crippen molar-refractivity contribution >= 4 is 11.5 Å². The molecule has 0 radical (unpaired) electrons. The third-order valence-corrected chi connectivity index (χ3v) is 3.34. The molecule has 0 spiro atoms. The molecule has 0 saturated carbocycles. The first kappa shape index (κ1) is 16.2. The molecule has 0 bridgehead atoms. The van der Waals surface area contributed by atoms with Crippen molar-refractivity contribution in [3.05, 3.63) is 53.6 Å². The highest BCUT2D eigenvalue weighted by Crippen LogP contribution is 2.30. The standard InChI is InChI=1S/C17H17NO3.ClH/c1-12-3-2-4-14(9-12)18-11-15(19)13-5-6-16-17(10-13)21-8-7-20-16;/h2-6,9-10,18H,7-8,11H2,1H3;1H/p-1. The summed E-state index contributed by atoms with van der Waals surface area (Å²) < 4.78 is 10.9. The van der Waals surface area contributed by atoms with Crippen molar-refractivity contribution in [2.75, 3.05) is 25.1 Å². The van der Waals surface area contributed by atoms with Gasteiger partial charge in [-0.25, -0.2) is 0 Å². The van der Waals surface area contributed by atoms with Gasteiger partial charge in [0.15, 0.2) is 17.3 Å². The lowest BCUT2D eigenvalue weighted by molar-refractivity contribution is -0.0000125. The number of nitrogens with one attached hydrogen (secondary N) is 1. The van der Waals surface area contributed by atoms with Gasteiger partial charge in [-0.05, 0) is 42.8 Å². The van der Waals surface area contributed by atoms with Crippen LogP contribution in [0.1, 0.15) is 15.9 Å². The summed E-state index contributed by atoms with van der Waals surface area (Å²) >= 11 is 0. The first-order chi connectivity index (χ1) is 10.2. The molecule has 22 heavy (non-hydrogen) atoms. The molecule has 1 heterocycles. The van der Waals surface area contributed by atoms with Gasteiger partial charge in [-0.3, -0.25) is 4.79 Å². The van der Waals surface area contributed by atoms with Gasteiger partial charge < -0.3 is 27.2 Å². The molecule has 4 nitrogen and oxygen atoms in total. The van der Waals surface area contributed by atoms with Crippen molar-refractivity contribution in [2.24, 2.45) is 0 Å². The Bertz CT molecular complexity index is 673. The highest BCUT2D eigenvalue weighted by atomic mass is 35.5. The minimum atomic E-state index is 0. The summed E-state index contributed by atoms with van der Waals surface area (Å²) in [6, 6.07) is 13.2. The van der Waals surface area contributed by atoms with E-state index in [0.29, 0.717) is 30.3 Å². The number of halogens is 1. The van der Waals surface area contributed by atoms with Crippen LogP contribution in [-0.4, -0.2) is 25.5 Å². The maximum Gasteiger partial charge on any atom is 0.181 e. The third kappa shape index (κ3) is 3.71. The zero-order chi connectivity index (χ0) is 14.7. The molecule has 3 rings (SSSR count). The average Bonchev–Trinajstić information content (AvgIpc) is 2.52. The number of hydrogen-bond donors (Lipinski definition) is 1. The van der Waals surface area contributed by atoms with Crippen LogP contribution in [0.4, 0.5) is 5.69 Å². The zero-order valence-electron chi connectivity index (χ0n) is 12.3. The number of carbonyl (C=O) groups is 1. The largest absolute Gasteiger partial charge is 1.00 e. The molecular weight excluding hydrogens is 302 g/mol. The SMILES string of the molecule is Cc1cccc(NCC(=O)c2ccc3c(c2)OCCO3)c1.[Cl-]. The summed E-state index contributed by atoms with van der Waals surface area (Å²) in [6.07, 6.45) is 0. The Hall–Kier alpha value is -2.20. The third-order valence-electron chi connectivity index (χ3n) is 3.34. The van der Waals surface area contributed by atoms with Gasteiger partial charge in [-0.2, -0.15) is 0 Å². The van der Waals surface area contributed by atoms with Gasteiger partial charge in [0.2, 0.25) is 0 Å². The van der Waals surface area contributed by atoms with E-state index in [1.165, 1.54) is 0 Å². The minimum absolute atomic E-state index is 0. The van der Waals surface area contributed by atoms with E-state index in [2.05, 4.69) is 5.32 Å². The quantitative estimate of drug-likeness (QED) is 0.810. The van der Waals surface area contributed by atoms with Crippen molar-refractivity contribution in [1.82, 2.24) is 0 Å². The molecule has 2 aromatic carbocycles. The maximum atomic E-state index is 12.2. The molecule has 0 saturated heterocycles. The van der Waals surface area contributed by atoms with Crippen LogP contribution in [0.3, 0.4) is 0 Å². The Labute approximate surface area is 135 Å². The van der Waals surface area contributed by atoms with Crippen LogP contribution < -0.4 is 27.2 Å². The lowest BCUT2D eigenvalue weighted by Gasteiger charge is -2.18. The van der Waals surface area contributed by atoms with Gasteiger partial charge in [0.05, 0.1) is 6.54 Å². The number of aryl methyl sites for hydroxylation is 1. The smallest absolute Gasteiger partial charge is 0.181 e. The van der Waals surface area contributed by atoms with Gasteiger partial charge in [0.25, 0.3) is 0 Å². The van der Waals surface area contributed by atoms with Crippen molar-refractivity contribution < 1.29 is 26.7 Å². The van der Waals surface area contributed by atoms with Crippen LogP contribution in [0, 0.1) is 6.92 Å². The van der Waals surface area contributed by atoms with Gasteiger partial charge in [0, 0.05) is 11.3 Å². The number of Topliss-reactive ketones (excluding diaryl/α,β-unsaturated/α-hetero) is 1. The lowest BCUT2D eigenvalue weighted by Crippen LogP contribution is -3.00. The van der Waals surface area contributed by atoms with Crippen molar-refractivity contribution in [3.8, 4) is 11.5 Å². The fourth-order valence-electron chi connectivity index (χ4n) is 2.26. The van der Waals surface area contributed by atoms with Crippen LogP contribution in [0.2, 0.25) is 0 Å². The number of ketones is 1. The maximum absolute atomic E-state index is 12.2. The minimum Gasteiger partial charge on any atom is -1.00 e. The molecular formula is C17H17ClNO3-. The molecule has 0 aliphatic carbocycles. The summed E-state index contributed by atoms with van der Waals surface area (Å²) in [5, 5.41) is 3.14. The molecule has 0 amide bonds. The number of rotatable bonds is 4. The van der Waals surface area contributed by atoms with E-state index in [4.69, 9.17) is 9.47 Å². The Kier molecular flexibility index (Phi) is 5.28. The number of anilines is 1. The van der Waals surface area contributed by atoms with Crippen molar-refractivity contribution in [1.29, 1.82) is 0 Å². The fraction of sp³-hybridized carbons (Fsp3) is 0.235. The van der Waals surface area contributed by atoms with Gasteiger partial charge in [-0.1, -0.05) is 12.1 Å². The summed E-state index contributed by atoms with van der Waals surface area (Å²) in [6.45, 7) is 3.35. The Morgan fingerprint density at radius 1 is 1.09 bits per heavy atom. The topological polar surface area (TPSA) is 47.6 Å². The van der Waals surface area contributed by atoms with Crippen LogP contribution >= 0.6 is 0 Å². The highest BCUT2D eigenvalue weighted by molar-refractivity contribution is 5.99. The number of carbonyl (C=O) groups excluding carboxylic acids is 1. The average molecular weight is 319 g/mol. The normalized spacial score (nSPS) is 12.2.